The van der Waals surface area contributed by atoms with E-state index in [4.69, 9.17) is 13.3 Å². The summed E-state index contributed by atoms with van der Waals surface area (Å²) >= 11 is 0. The first-order chi connectivity index (χ1) is 18.7. The van der Waals surface area contributed by atoms with Crippen LogP contribution in [0.15, 0.2) is 91.0 Å². The predicted octanol–water partition coefficient (Wildman–Crippen LogP) is 8.30. The number of fused-ring (bicyclic) bond motifs is 6. The molecular weight excluding hydrogens is 484 g/mol. The summed E-state index contributed by atoms with van der Waals surface area (Å²) in [4.78, 5) is 0. The van der Waals surface area contributed by atoms with Crippen molar-refractivity contribution in [2.24, 2.45) is 0 Å². The van der Waals surface area contributed by atoms with Gasteiger partial charge in [0.1, 0.15) is 0 Å². The normalized spacial score (nSPS) is 12.7. The lowest BCUT2D eigenvalue weighted by atomic mass is 9.85. The number of rotatable bonds is 7. The van der Waals surface area contributed by atoms with Gasteiger partial charge in [-0.1, -0.05) is 78.9 Å². The number of hydrogen-bond acceptors (Lipinski definition) is 3. The van der Waals surface area contributed by atoms with E-state index in [0.717, 1.165) is 10.6 Å². The minimum Gasteiger partial charge on any atom is -0.370 e. The van der Waals surface area contributed by atoms with Crippen LogP contribution in [-0.2, 0) is 13.3 Å². The molecule has 0 N–H and O–H groups in total. The first-order valence-corrected chi connectivity index (χ1v) is 15.3. The van der Waals surface area contributed by atoms with Crippen molar-refractivity contribution in [3.05, 3.63) is 91.0 Å². The van der Waals surface area contributed by atoms with Crippen LogP contribution in [0.5, 0.6) is 0 Å². The monoisotopic (exact) mass is 514 g/mol. The first-order valence-electron chi connectivity index (χ1n) is 13.6. The summed E-state index contributed by atoms with van der Waals surface area (Å²) in [5.74, 6) is 0. The van der Waals surface area contributed by atoms with Crippen LogP contribution in [0.4, 0.5) is 0 Å². The standard InChI is InChI=1S/C34H30O3Si/c1-4-35-38(36-5-2,37-6-3)31-19-11-17-25-28(31)21-30-24-15-8-7-12-23(24)20-29-26-16-9-13-22-14-10-18-27(32(22)26)33(25)34(29)30/h7-21H,4-6H2,1-3H3. The van der Waals surface area contributed by atoms with Crippen molar-refractivity contribution in [1.82, 2.24) is 0 Å². The Bertz CT molecular complexity index is 1950. The van der Waals surface area contributed by atoms with Gasteiger partial charge in [-0.3, -0.25) is 0 Å². The molecule has 0 spiro atoms. The molecule has 0 saturated carbocycles. The van der Waals surface area contributed by atoms with E-state index >= 15 is 0 Å². The molecule has 0 aliphatic rings. The molecule has 7 rings (SSSR count). The van der Waals surface area contributed by atoms with Crippen molar-refractivity contribution in [3.63, 3.8) is 0 Å². The van der Waals surface area contributed by atoms with Crippen molar-refractivity contribution >= 4 is 78.6 Å². The van der Waals surface area contributed by atoms with E-state index in [-0.39, 0.29) is 0 Å². The summed E-state index contributed by atoms with van der Waals surface area (Å²) < 4.78 is 19.3. The van der Waals surface area contributed by atoms with E-state index in [1.165, 1.54) is 59.2 Å². The summed E-state index contributed by atoms with van der Waals surface area (Å²) in [5, 5.41) is 16.2. The van der Waals surface area contributed by atoms with Gasteiger partial charge in [0, 0.05) is 25.0 Å². The van der Waals surface area contributed by atoms with Crippen LogP contribution >= 0.6 is 0 Å². The smallest absolute Gasteiger partial charge is 0.370 e. The van der Waals surface area contributed by atoms with Crippen LogP contribution in [0, 0.1) is 0 Å². The van der Waals surface area contributed by atoms with Crippen molar-refractivity contribution in [2.45, 2.75) is 20.8 Å². The Morgan fingerprint density at radius 3 is 1.68 bits per heavy atom. The summed E-state index contributed by atoms with van der Waals surface area (Å²) in [6, 6.07) is 33.4. The Hall–Kier alpha value is -3.54. The third kappa shape index (κ3) is 3.25. The maximum atomic E-state index is 6.42. The van der Waals surface area contributed by atoms with E-state index in [1.807, 2.05) is 20.8 Å². The van der Waals surface area contributed by atoms with Crippen LogP contribution in [0.3, 0.4) is 0 Å². The van der Waals surface area contributed by atoms with Crippen LogP contribution in [0.2, 0.25) is 0 Å². The van der Waals surface area contributed by atoms with Gasteiger partial charge < -0.3 is 13.3 Å². The van der Waals surface area contributed by atoms with E-state index in [9.17, 15) is 0 Å². The topological polar surface area (TPSA) is 27.7 Å². The highest BCUT2D eigenvalue weighted by Crippen LogP contribution is 2.45. The third-order valence-electron chi connectivity index (χ3n) is 7.80. The Labute approximate surface area is 223 Å². The average Bonchev–Trinajstić information content (AvgIpc) is 2.95. The SMILES string of the molecule is CCO[Si](OCC)(OCC)c1cccc2c1cc1c3ccccc3cc3c4cccc5cccc(c54)c2c13. The van der Waals surface area contributed by atoms with Gasteiger partial charge >= 0.3 is 8.80 Å². The molecule has 0 unspecified atom stereocenters. The van der Waals surface area contributed by atoms with Crippen LogP contribution in [-0.4, -0.2) is 28.6 Å². The van der Waals surface area contributed by atoms with Crippen molar-refractivity contribution in [1.29, 1.82) is 0 Å². The van der Waals surface area contributed by atoms with Gasteiger partial charge in [0.25, 0.3) is 0 Å². The van der Waals surface area contributed by atoms with E-state index in [0.29, 0.717) is 19.8 Å². The van der Waals surface area contributed by atoms with Gasteiger partial charge in [0.2, 0.25) is 0 Å². The zero-order valence-corrected chi connectivity index (χ0v) is 23.0. The second-order valence-corrected chi connectivity index (χ2v) is 12.3. The van der Waals surface area contributed by atoms with Crippen LogP contribution in [0.25, 0.3) is 64.6 Å². The molecule has 38 heavy (non-hydrogen) atoms. The molecule has 7 aromatic carbocycles. The third-order valence-corrected chi connectivity index (χ3v) is 10.9. The highest BCUT2D eigenvalue weighted by Gasteiger charge is 2.44. The van der Waals surface area contributed by atoms with Crippen molar-refractivity contribution in [2.75, 3.05) is 19.8 Å². The van der Waals surface area contributed by atoms with Gasteiger partial charge in [-0.25, -0.2) is 0 Å². The van der Waals surface area contributed by atoms with E-state index < -0.39 is 8.80 Å². The van der Waals surface area contributed by atoms with E-state index in [1.54, 1.807) is 0 Å². The molecule has 0 atom stereocenters. The lowest BCUT2D eigenvalue weighted by molar-refractivity contribution is 0.0862. The second-order valence-electron chi connectivity index (χ2n) is 9.78. The van der Waals surface area contributed by atoms with Crippen LogP contribution in [0.1, 0.15) is 20.8 Å². The molecular formula is C34H30O3Si. The molecule has 0 bridgehead atoms. The Balaban J connectivity index is 1.78. The maximum absolute atomic E-state index is 6.42. The molecule has 3 nitrogen and oxygen atoms in total. The molecule has 7 aromatic rings. The molecule has 188 valence electrons. The minimum atomic E-state index is -3.16. The van der Waals surface area contributed by atoms with Crippen molar-refractivity contribution < 1.29 is 13.3 Å². The van der Waals surface area contributed by atoms with Crippen molar-refractivity contribution in [3.8, 4) is 0 Å². The largest absolute Gasteiger partial charge is 0.537 e. The molecule has 0 aliphatic carbocycles. The average molecular weight is 515 g/mol. The minimum absolute atomic E-state index is 0.531. The quantitative estimate of drug-likeness (QED) is 0.122. The summed E-state index contributed by atoms with van der Waals surface area (Å²) in [7, 11) is -3.16. The molecule has 0 saturated heterocycles. The van der Waals surface area contributed by atoms with Gasteiger partial charge in [-0.15, -0.1) is 0 Å². The lowest BCUT2D eigenvalue weighted by Gasteiger charge is -2.30. The fourth-order valence-electron chi connectivity index (χ4n) is 6.47. The zero-order valence-electron chi connectivity index (χ0n) is 22.0. The molecule has 0 aromatic heterocycles. The second kappa shape index (κ2) is 9.04. The predicted molar refractivity (Wildman–Crippen MR) is 163 cm³/mol. The summed E-state index contributed by atoms with van der Waals surface area (Å²) in [6.07, 6.45) is 0. The number of hydrogen-bond donors (Lipinski definition) is 0. The highest BCUT2D eigenvalue weighted by atomic mass is 28.4. The van der Waals surface area contributed by atoms with Crippen LogP contribution < -0.4 is 5.19 Å². The number of benzene rings is 7. The highest BCUT2D eigenvalue weighted by molar-refractivity contribution is 6.78. The Morgan fingerprint density at radius 1 is 0.447 bits per heavy atom. The molecule has 0 amide bonds. The fourth-order valence-corrected chi connectivity index (χ4v) is 9.17. The maximum Gasteiger partial charge on any atom is 0.537 e. The summed E-state index contributed by atoms with van der Waals surface area (Å²) in [5.41, 5.74) is 0. The Kier molecular flexibility index (Phi) is 5.60. The fraction of sp³-hybridized carbons (Fsp3) is 0.176. The molecule has 0 radical (unpaired) electrons. The van der Waals surface area contributed by atoms with E-state index in [2.05, 4.69) is 91.0 Å². The van der Waals surface area contributed by atoms with Gasteiger partial charge in [0.15, 0.2) is 0 Å². The van der Waals surface area contributed by atoms with Gasteiger partial charge in [-0.05, 0) is 97.5 Å². The molecule has 0 aliphatic heterocycles. The van der Waals surface area contributed by atoms with Gasteiger partial charge in [-0.2, -0.15) is 0 Å². The first kappa shape index (κ1) is 23.6. The molecule has 4 heteroatoms. The molecule has 0 heterocycles. The Morgan fingerprint density at radius 2 is 0.974 bits per heavy atom. The van der Waals surface area contributed by atoms with Gasteiger partial charge in [0.05, 0.1) is 0 Å². The summed E-state index contributed by atoms with van der Waals surface area (Å²) in [6.45, 7) is 7.64. The molecule has 0 fully saturated rings. The zero-order chi connectivity index (χ0) is 25.9. The lowest BCUT2D eigenvalue weighted by Crippen LogP contribution is -2.57.